The summed E-state index contributed by atoms with van der Waals surface area (Å²) in [4.78, 5) is 20.6. The van der Waals surface area contributed by atoms with Crippen LogP contribution in [0.2, 0.25) is 5.02 Å². The summed E-state index contributed by atoms with van der Waals surface area (Å²) in [5.74, 6) is 1.04. The Kier molecular flexibility index (Phi) is 6.11. The van der Waals surface area contributed by atoms with Gasteiger partial charge in [0.1, 0.15) is 12.4 Å². The van der Waals surface area contributed by atoms with Crippen molar-refractivity contribution in [3.63, 3.8) is 0 Å². The summed E-state index contributed by atoms with van der Waals surface area (Å²) in [5.41, 5.74) is 4.36. The lowest BCUT2D eigenvalue weighted by atomic mass is 10.0. The molecule has 2 aliphatic heterocycles. The van der Waals surface area contributed by atoms with E-state index in [1.54, 1.807) is 25.6 Å². The highest BCUT2D eigenvalue weighted by molar-refractivity contribution is 6.32. The minimum atomic E-state index is -0.131. The number of carbonyl (C=O) groups is 1. The molecular formula is C24H26ClN5O3. The van der Waals surface area contributed by atoms with Crippen LogP contribution >= 0.6 is 11.6 Å². The van der Waals surface area contributed by atoms with Crippen LogP contribution in [0.1, 0.15) is 28.9 Å². The van der Waals surface area contributed by atoms with Crippen LogP contribution in [0.25, 0.3) is 11.3 Å². The number of halogens is 1. The number of hydrogen-bond acceptors (Lipinski definition) is 6. The van der Waals surface area contributed by atoms with Crippen LogP contribution in [0.4, 0.5) is 11.4 Å². The lowest BCUT2D eigenvalue weighted by Gasteiger charge is -2.18. The molecule has 0 spiro atoms. The van der Waals surface area contributed by atoms with Gasteiger partial charge < -0.3 is 30.4 Å². The zero-order chi connectivity index (χ0) is 22.8. The minimum absolute atomic E-state index is 0.131. The Bertz CT molecular complexity index is 1170. The average Bonchev–Trinajstić information content (AvgIpc) is 3.47. The molecule has 1 amide bonds. The van der Waals surface area contributed by atoms with Crippen LogP contribution in [0, 0.1) is 0 Å². The van der Waals surface area contributed by atoms with Crippen molar-refractivity contribution in [3.8, 4) is 22.8 Å². The normalized spacial score (nSPS) is 17.4. The molecule has 1 fully saturated rings. The molecule has 5 rings (SSSR count). The highest BCUT2D eigenvalue weighted by Gasteiger charge is 2.29. The highest BCUT2D eigenvalue weighted by Crippen LogP contribution is 2.42. The average molecular weight is 468 g/mol. The van der Waals surface area contributed by atoms with Crippen LogP contribution < -0.4 is 25.4 Å². The van der Waals surface area contributed by atoms with Crippen molar-refractivity contribution in [1.82, 2.24) is 20.6 Å². The van der Waals surface area contributed by atoms with Crippen molar-refractivity contribution in [2.45, 2.75) is 25.3 Å². The maximum Gasteiger partial charge on any atom is 0.255 e. The summed E-state index contributed by atoms with van der Waals surface area (Å²) in [6.45, 7) is 2.16. The molecule has 0 saturated carbocycles. The van der Waals surface area contributed by atoms with Crippen molar-refractivity contribution >= 4 is 28.9 Å². The summed E-state index contributed by atoms with van der Waals surface area (Å²) in [7, 11) is 1.57. The standard InChI is InChI=1S/C24H26ClN5O3/c1-32-23-16(25)5-2-6-18(23)30-22-20-17(8-11-28-24(20)31)29-21(22)15-7-10-26-12-19(15)33-13-14-4-3-9-27-14/h2,5-7,10,12,14,27,29-30H,3-4,8-9,11,13H2,1H3,(H,28,31)/t14-/m0/s1. The van der Waals surface area contributed by atoms with E-state index in [-0.39, 0.29) is 5.91 Å². The molecule has 0 bridgehead atoms. The number of anilines is 2. The highest BCUT2D eigenvalue weighted by atomic mass is 35.5. The third kappa shape index (κ3) is 4.24. The maximum atomic E-state index is 12.9. The van der Waals surface area contributed by atoms with E-state index in [0.717, 1.165) is 36.3 Å². The molecule has 2 aromatic heterocycles. The minimum Gasteiger partial charge on any atom is -0.493 e. The Balaban J connectivity index is 1.58. The fourth-order valence-corrected chi connectivity index (χ4v) is 4.70. The number of aromatic amines is 1. The number of para-hydroxylation sites is 1. The predicted molar refractivity (Wildman–Crippen MR) is 128 cm³/mol. The lowest BCUT2D eigenvalue weighted by molar-refractivity contribution is 0.0947. The van der Waals surface area contributed by atoms with E-state index in [9.17, 15) is 4.79 Å². The van der Waals surface area contributed by atoms with Gasteiger partial charge in [-0.15, -0.1) is 0 Å². The molecule has 4 heterocycles. The number of carbonyl (C=O) groups excluding carboxylic acids is 1. The van der Waals surface area contributed by atoms with Crippen molar-refractivity contribution in [2.24, 2.45) is 0 Å². The van der Waals surface area contributed by atoms with Crippen molar-refractivity contribution < 1.29 is 14.3 Å². The van der Waals surface area contributed by atoms with Crippen LogP contribution in [0.5, 0.6) is 11.5 Å². The topological polar surface area (TPSA) is 100 Å². The Morgan fingerprint density at radius 1 is 1.27 bits per heavy atom. The number of rotatable bonds is 7. The molecule has 9 heteroatoms. The Morgan fingerprint density at radius 3 is 3.00 bits per heavy atom. The summed E-state index contributed by atoms with van der Waals surface area (Å²) >= 11 is 6.34. The molecule has 172 valence electrons. The lowest BCUT2D eigenvalue weighted by Crippen LogP contribution is -2.31. The van der Waals surface area contributed by atoms with E-state index in [1.807, 2.05) is 18.2 Å². The van der Waals surface area contributed by atoms with E-state index in [0.29, 0.717) is 59.1 Å². The van der Waals surface area contributed by atoms with E-state index in [2.05, 4.69) is 25.9 Å². The quantitative estimate of drug-likeness (QED) is 0.420. The fourth-order valence-electron chi connectivity index (χ4n) is 4.45. The molecule has 1 atom stereocenters. The summed E-state index contributed by atoms with van der Waals surface area (Å²) in [5, 5.41) is 10.3. The molecule has 3 aromatic rings. The first-order valence-corrected chi connectivity index (χ1v) is 11.5. The molecule has 1 aromatic carbocycles. The number of nitrogens with one attached hydrogen (secondary N) is 4. The number of methoxy groups -OCH3 is 1. The Labute approximate surface area is 197 Å². The largest absolute Gasteiger partial charge is 0.493 e. The summed E-state index contributed by atoms with van der Waals surface area (Å²) in [6.07, 6.45) is 6.39. The number of aromatic nitrogens is 2. The van der Waals surface area contributed by atoms with E-state index in [4.69, 9.17) is 21.1 Å². The number of fused-ring (bicyclic) bond motifs is 1. The molecule has 8 nitrogen and oxygen atoms in total. The van der Waals surface area contributed by atoms with Gasteiger partial charge in [-0.2, -0.15) is 0 Å². The molecule has 0 radical (unpaired) electrons. The molecule has 2 aliphatic rings. The Hall–Kier alpha value is -3.23. The number of H-pyrrole nitrogens is 1. The second-order valence-electron chi connectivity index (χ2n) is 8.16. The van der Waals surface area contributed by atoms with Gasteiger partial charge in [-0.25, -0.2) is 0 Å². The van der Waals surface area contributed by atoms with Gasteiger partial charge in [0.05, 0.1) is 41.0 Å². The number of hydrogen-bond donors (Lipinski definition) is 4. The SMILES string of the molecule is COc1c(Cl)cccc1Nc1c(-c2ccncc2OC[C@@H]2CCCN2)[nH]c2c1C(=O)NCC2. The first kappa shape index (κ1) is 21.6. The number of nitrogens with zero attached hydrogens (tertiary/aromatic N) is 1. The number of benzene rings is 1. The van der Waals surface area contributed by atoms with Crippen LogP contribution in [0.3, 0.4) is 0 Å². The van der Waals surface area contributed by atoms with Crippen molar-refractivity contribution in [1.29, 1.82) is 0 Å². The summed E-state index contributed by atoms with van der Waals surface area (Å²) in [6, 6.07) is 7.69. The van der Waals surface area contributed by atoms with Crippen LogP contribution in [0.15, 0.2) is 36.7 Å². The Morgan fingerprint density at radius 2 is 2.18 bits per heavy atom. The number of ether oxygens (including phenoxy) is 2. The van der Waals surface area contributed by atoms with E-state index < -0.39 is 0 Å². The van der Waals surface area contributed by atoms with Gasteiger partial charge in [-0.1, -0.05) is 17.7 Å². The third-order valence-electron chi connectivity index (χ3n) is 6.05. The summed E-state index contributed by atoms with van der Waals surface area (Å²) < 4.78 is 11.7. The molecule has 4 N–H and O–H groups in total. The van der Waals surface area contributed by atoms with Gasteiger partial charge in [0.15, 0.2) is 5.75 Å². The monoisotopic (exact) mass is 467 g/mol. The smallest absolute Gasteiger partial charge is 0.255 e. The number of pyridine rings is 1. The van der Waals surface area contributed by atoms with Gasteiger partial charge in [0.2, 0.25) is 0 Å². The third-order valence-corrected chi connectivity index (χ3v) is 6.35. The number of amides is 1. The zero-order valence-electron chi connectivity index (χ0n) is 18.3. The van der Waals surface area contributed by atoms with Crippen molar-refractivity contribution in [2.75, 3.05) is 32.1 Å². The maximum absolute atomic E-state index is 12.9. The van der Waals surface area contributed by atoms with Gasteiger partial charge in [0.25, 0.3) is 5.91 Å². The fraction of sp³-hybridized carbons (Fsp3) is 0.333. The van der Waals surface area contributed by atoms with Crippen molar-refractivity contribution in [3.05, 3.63) is 52.9 Å². The van der Waals surface area contributed by atoms with E-state index in [1.165, 1.54) is 0 Å². The van der Waals surface area contributed by atoms with Crippen LogP contribution in [-0.4, -0.2) is 48.7 Å². The predicted octanol–water partition coefficient (Wildman–Crippen LogP) is 3.90. The zero-order valence-corrected chi connectivity index (χ0v) is 19.1. The van der Waals surface area contributed by atoms with Crippen LogP contribution in [-0.2, 0) is 6.42 Å². The van der Waals surface area contributed by atoms with Gasteiger partial charge >= 0.3 is 0 Å². The van der Waals surface area contributed by atoms with Gasteiger partial charge in [-0.3, -0.25) is 9.78 Å². The van der Waals surface area contributed by atoms with Gasteiger partial charge in [0, 0.05) is 36.5 Å². The second kappa shape index (κ2) is 9.33. The van der Waals surface area contributed by atoms with Gasteiger partial charge in [-0.05, 0) is 37.6 Å². The van der Waals surface area contributed by atoms with E-state index >= 15 is 0 Å². The molecule has 0 unspecified atom stereocenters. The molecular weight excluding hydrogens is 442 g/mol. The second-order valence-corrected chi connectivity index (χ2v) is 8.56. The first-order chi connectivity index (χ1) is 16.2. The molecule has 1 saturated heterocycles. The molecule has 33 heavy (non-hydrogen) atoms. The molecule has 0 aliphatic carbocycles. The first-order valence-electron chi connectivity index (χ1n) is 11.1.